The van der Waals surface area contributed by atoms with Gasteiger partial charge in [-0.3, -0.25) is 4.79 Å². The van der Waals surface area contributed by atoms with Crippen molar-refractivity contribution in [2.24, 2.45) is 0 Å². The summed E-state index contributed by atoms with van der Waals surface area (Å²) in [7, 11) is 0. The lowest BCUT2D eigenvalue weighted by Gasteiger charge is -2.16. The molecule has 0 aromatic heterocycles. The maximum absolute atomic E-state index is 11.9. The van der Waals surface area contributed by atoms with Crippen LogP contribution in [0.1, 0.15) is 32.1 Å². The molecule has 198 valence electrons. The predicted molar refractivity (Wildman–Crippen MR) is 128 cm³/mol. The number of urea groups is 1. The highest BCUT2D eigenvalue weighted by Crippen LogP contribution is 2.33. The Morgan fingerprint density at radius 3 is 2.38 bits per heavy atom. The van der Waals surface area contributed by atoms with Gasteiger partial charge in [0.1, 0.15) is 6.10 Å². The number of carbonyl (C=O) groups excluding carboxylic acids is 2. The fourth-order valence-corrected chi connectivity index (χ4v) is 5.24. The minimum Gasteiger partial charge on any atom is -0.394 e. The maximum atomic E-state index is 11.9. The first-order valence-corrected chi connectivity index (χ1v) is 13.2. The van der Waals surface area contributed by atoms with Crippen LogP contribution in [0, 0.1) is 0 Å². The van der Waals surface area contributed by atoms with Gasteiger partial charge in [-0.05, 0) is 19.3 Å². The smallest absolute Gasteiger partial charge is 0.315 e. The summed E-state index contributed by atoms with van der Waals surface area (Å²) in [6, 6.07) is 0.429. The second kappa shape index (κ2) is 18.2. The minimum atomic E-state index is -0.846. The Kier molecular flexibility index (Phi) is 15.5. The molecule has 2 aliphatic rings. The zero-order chi connectivity index (χ0) is 24.4. The third kappa shape index (κ3) is 12.5. The van der Waals surface area contributed by atoms with Gasteiger partial charge in [0, 0.05) is 30.6 Å². The third-order valence-electron chi connectivity index (χ3n) is 5.51. The monoisotopic (exact) mass is 507 g/mol. The Bertz CT molecular complexity index is 574. The largest absolute Gasteiger partial charge is 0.394 e. The zero-order valence-corrected chi connectivity index (χ0v) is 20.7. The van der Waals surface area contributed by atoms with Crippen molar-refractivity contribution in [3.8, 4) is 0 Å². The van der Waals surface area contributed by atoms with Gasteiger partial charge in [-0.15, -0.1) is 0 Å². The van der Waals surface area contributed by atoms with Crippen LogP contribution in [0.5, 0.6) is 0 Å². The molecule has 11 nitrogen and oxygen atoms in total. The molecule has 2 fully saturated rings. The topological polar surface area (TPSA) is 148 Å². The Hall–Kier alpha value is -1.15. The van der Waals surface area contributed by atoms with Crippen LogP contribution in [0.2, 0.25) is 0 Å². The standard InChI is InChI=1S/C22H41N3O8S/c26-14-17(27)15-33-13-12-32-11-10-31-9-8-30-7-3-6-23-20(28)5-2-1-4-19-21-18(16-34-19)24-22(29)25-21/h17-19,21,26-27H,1-16H2,(H,23,28)(H2,24,25,29). The number of unbranched alkanes of at least 4 members (excludes halogenated alkanes) is 1. The molecule has 2 saturated heterocycles. The first kappa shape index (κ1) is 29.1. The molecular weight excluding hydrogens is 466 g/mol. The van der Waals surface area contributed by atoms with E-state index in [-0.39, 0.29) is 37.2 Å². The number of rotatable bonds is 21. The Morgan fingerprint density at radius 2 is 1.68 bits per heavy atom. The number of fused-ring (bicyclic) bond motifs is 1. The van der Waals surface area contributed by atoms with Crippen LogP contribution in [0.4, 0.5) is 4.79 Å². The van der Waals surface area contributed by atoms with Crippen molar-refractivity contribution in [1.29, 1.82) is 0 Å². The second-order valence-corrected chi connectivity index (χ2v) is 9.59. The van der Waals surface area contributed by atoms with Crippen LogP contribution in [0.3, 0.4) is 0 Å². The number of amides is 3. The second-order valence-electron chi connectivity index (χ2n) is 8.32. The summed E-state index contributed by atoms with van der Waals surface area (Å²) in [5.41, 5.74) is 0. The molecule has 0 aliphatic carbocycles. The number of hydrogen-bond donors (Lipinski definition) is 5. The van der Waals surface area contributed by atoms with Crippen molar-refractivity contribution in [3.05, 3.63) is 0 Å². The van der Waals surface area contributed by atoms with Gasteiger partial charge in [0.15, 0.2) is 0 Å². The molecule has 0 aromatic carbocycles. The normalized spacial score (nSPS) is 22.3. The summed E-state index contributed by atoms with van der Waals surface area (Å²) in [4.78, 5) is 23.3. The van der Waals surface area contributed by atoms with Gasteiger partial charge in [0.2, 0.25) is 5.91 Å². The number of thioether (sulfide) groups is 1. The first-order valence-electron chi connectivity index (χ1n) is 12.2. The minimum absolute atomic E-state index is 0.0575. The average molecular weight is 508 g/mol. The summed E-state index contributed by atoms with van der Waals surface area (Å²) in [6.07, 6.45) is 3.31. The summed E-state index contributed by atoms with van der Waals surface area (Å²) in [5, 5.41) is 27.0. The van der Waals surface area contributed by atoms with Gasteiger partial charge in [-0.1, -0.05) is 6.42 Å². The molecule has 0 saturated carbocycles. The van der Waals surface area contributed by atoms with Crippen LogP contribution in [-0.4, -0.2) is 117 Å². The predicted octanol–water partition coefficient (Wildman–Crippen LogP) is -0.362. The summed E-state index contributed by atoms with van der Waals surface area (Å²) >= 11 is 1.90. The molecule has 0 radical (unpaired) electrons. The van der Waals surface area contributed by atoms with E-state index in [0.717, 1.165) is 31.4 Å². The molecule has 4 unspecified atom stereocenters. The van der Waals surface area contributed by atoms with Crippen molar-refractivity contribution in [1.82, 2.24) is 16.0 Å². The fraction of sp³-hybridized carbons (Fsp3) is 0.909. The van der Waals surface area contributed by atoms with E-state index in [2.05, 4.69) is 16.0 Å². The number of aliphatic hydroxyl groups is 2. The van der Waals surface area contributed by atoms with E-state index < -0.39 is 6.10 Å². The molecular formula is C22H41N3O8S. The number of ether oxygens (including phenoxy) is 4. The molecule has 34 heavy (non-hydrogen) atoms. The molecule has 0 aromatic rings. The molecule has 2 rings (SSSR count). The lowest BCUT2D eigenvalue weighted by Crippen LogP contribution is -2.36. The van der Waals surface area contributed by atoms with Crippen LogP contribution >= 0.6 is 11.8 Å². The molecule has 4 atom stereocenters. The highest BCUT2D eigenvalue weighted by Gasteiger charge is 2.42. The SMILES string of the molecule is O=C(CCCCC1SCC2NC(=O)NC21)NCCCOCCOCCOCCOCC(O)CO. The third-order valence-corrected chi connectivity index (χ3v) is 7.01. The number of carbonyl (C=O) groups is 2. The van der Waals surface area contributed by atoms with Gasteiger partial charge in [-0.25, -0.2) is 4.79 Å². The van der Waals surface area contributed by atoms with Crippen molar-refractivity contribution in [2.75, 3.05) is 71.8 Å². The van der Waals surface area contributed by atoms with Gasteiger partial charge in [-0.2, -0.15) is 11.8 Å². The van der Waals surface area contributed by atoms with Crippen LogP contribution in [0.25, 0.3) is 0 Å². The van der Waals surface area contributed by atoms with E-state index in [4.69, 9.17) is 29.2 Å². The molecule has 5 N–H and O–H groups in total. The van der Waals surface area contributed by atoms with E-state index in [1.54, 1.807) is 0 Å². The highest BCUT2D eigenvalue weighted by atomic mass is 32.2. The van der Waals surface area contributed by atoms with Crippen molar-refractivity contribution >= 4 is 23.7 Å². The lowest BCUT2D eigenvalue weighted by molar-refractivity contribution is -0.121. The van der Waals surface area contributed by atoms with E-state index in [1.807, 2.05) is 11.8 Å². The molecule has 0 bridgehead atoms. The van der Waals surface area contributed by atoms with Crippen molar-refractivity contribution < 1.29 is 38.7 Å². The van der Waals surface area contributed by atoms with Crippen LogP contribution < -0.4 is 16.0 Å². The Labute approximate surface area is 206 Å². The summed E-state index contributed by atoms with van der Waals surface area (Å²) in [6.45, 7) is 3.61. The number of nitrogens with one attached hydrogen (secondary N) is 3. The molecule has 12 heteroatoms. The Morgan fingerprint density at radius 1 is 1.00 bits per heavy atom. The lowest BCUT2D eigenvalue weighted by atomic mass is 10.0. The zero-order valence-electron chi connectivity index (χ0n) is 19.9. The van der Waals surface area contributed by atoms with Crippen LogP contribution in [-0.2, 0) is 23.7 Å². The molecule has 0 spiro atoms. The summed E-state index contributed by atoms with van der Waals surface area (Å²) < 4.78 is 21.3. The van der Waals surface area contributed by atoms with Crippen molar-refractivity contribution in [3.63, 3.8) is 0 Å². The van der Waals surface area contributed by atoms with E-state index in [0.29, 0.717) is 64.5 Å². The number of aliphatic hydroxyl groups excluding tert-OH is 2. The Balaban J connectivity index is 1.27. The maximum Gasteiger partial charge on any atom is 0.315 e. The highest BCUT2D eigenvalue weighted by molar-refractivity contribution is 8.00. The fourth-order valence-electron chi connectivity index (χ4n) is 3.70. The van der Waals surface area contributed by atoms with Gasteiger partial charge < -0.3 is 45.1 Å². The van der Waals surface area contributed by atoms with Gasteiger partial charge in [0.25, 0.3) is 0 Å². The van der Waals surface area contributed by atoms with Gasteiger partial charge in [0.05, 0.1) is 64.9 Å². The quantitative estimate of drug-likeness (QED) is 0.104. The number of hydrogen-bond acceptors (Lipinski definition) is 9. The van der Waals surface area contributed by atoms with E-state index in [9.17, 15) is 9.59 Å². The van der Waals surface area contributed by atoms with Gasteiger partial charge >= 0.3 is 6.03 Å². The van der Waals surface area contributed by atoms with E-state index in [1.165, 1.54) is 0 Å². The van der Waals surface area contributed by atoms with Crippen molar-refractivity contribution in [2.45, 2.75) is 55.5 Å². The van der Waals surface area contributed by atoms with Crippen LogP contribution in [0.15, 0.2) is 0 Å². The first-order chi connectivity index (χ1) is 16.6. The molecule has 2 heterocycles. The average Bonchev–Trinajstić information content (AvgIpc) is 3.38. The summed E-state index contributed by atoms with van der Waals surface area (Å²) in [5.74, 6) is 1.04. The molecule has 3 amide bonds. The molecule has 2 aliphatic heterocycles. The van der Waals surface area contributed by atoms with E-state index >= 15 is 0 Å².